The maximum absolute atomic E-state index is 12.5. The number of alkyl halides is 6. The molecular formula is C9H2BrF6N. The Balaban J connectivity index is 3.71. The molecule has 17 heavy (non-hydrogen) atoms. The van der Waals surface area contributed by atoms with Crippen molar-refractivity contribution in [2.45, 2.75) is 12.4 Å². The molecule has 0 saturated carbocycles. The molecular weight excluding hydrogens is 316 g/mol. The molecule has 0 aliphatic carbocycles. The molecule has 0 aliphatic rings. The molecule has 1 nitrogen and oxygen atoms in total. The smallest absolute Gasteiger partial charge is 0.192 e. The predicted octanol–water partition coefficient (Wildman–Crippen LogP) is 4.36. The van der Waals surface area contributed by atoms with Gasteiger partial charge >= 0.3 is 12.4 Å². The topological polar surface area (TPSA) is 23.8 Å². The lowest BCUT2D eigenvalue weighted by Gasteiger charge is -2.16. The van der Waals surface area contributed by atoms with Crippen LogP contribution in [0.5, 0.6) is 0 Å². The van der Waals surface area contributed by atoms with Crippen LogP contribution in [0.3, 0.4) is 0 Å². The second-order valence-electron chi connectivity index (χ2n) is 2.98. The lowest BCUT2D eigenvalue weighted by molar-refractivity contribution is -0.162. The minimum Gasteiger partial charge on any atom is -0.192 e. The van der Waals surface area contributed by atoms with Crippen LogP contribution in [0.4, 0.5) is 26.3 Å². The van der Waals surface area contributed by atoms with E-state index in [9.17, 15) is 26.3 Å². The largest absolute Gasteiger partial charge is 0.418 e. The number of nitrogens with zero attached hydrogens (tertiary/aromatic N) is 1. The maximum Gasteiger partial charge on any atom is 0.418 e. The average Bonchev–Trinajstić information content (AvgIpc) is 2.12. The van der Waals surface area contributed by atoms with E-state index in [4.69, 9.17) is 5.26 Å². The summed E-state index contributed by atoms with van der Waals surface area (Å²) in [6, 6.07) is 2.09. The fraction of sp³-hybridized carbons (Fsp3) is 0.222. The number of hydrogen-bond donors (Lipinski definition) is 0. The number of rotatable bonds is 0. The molecule has 1 aromatic carbocycles. The van der Waals surface area contributed by atoms with Crippen molar-refractivity contribution >= 4 is 15.9 Å². The van der Waals surface area contributed by atoms with Crippen molar-refractivity contribution in [2.24, 2.45) is 0 Å². The molecule has 0 fully saturated rings. The van der Waals surface area contributed by atoms with Crippen LogP contribution in [0.15, 0.2) is 16.6 Å². The van der Waals surface area contributed by atoms with E-state index < -0.39 is 29.0 Å². The second kappa shape index (κ2) is 4.22. The molecule has 0 heterocycles. The zero-order chi connectivity index (χ0) is 13.4. The van der Waals surface area contributed by atoms with E-state index in [1.165, 1.54) is 0 Å². The molecule has 0 aromatic heterocycles. The fourth-order valence-electron chi connectivity index (χ4n) is 1.22. The molecule has 0 N–H and O–H groups in total. The van der Waals surface area contributed by atoms with Gasteiger partial charge in [-0.2, -0.15) is 31.6 Å². The van der Waals surface area contributed by atoms with E-state index in [1.807, 2.05) is 0 Å². The van der Waals surface area contributed by atoms with Crippen LogP contribution in [0.1, 0.15) is 16.7 Å². The summed E-state index contributed by atoms with van der Waals surface area (Å²) < 4.78 is 74.6. The Bertz CT molecular complexity index is 482. The lowest BCUT2D eigenvalue weighted by Crippen LogP contribution is -2.18. The van der Waals surface area contributed by atoms with Gasteiger partial charge in [0.1, 0.15) is 0 Å². The molecule has 0 unspecified atom stereocenters. The van der Waals surface area contributed by atoms with Crippen molar-refractivity contribution in [3.63, 3.8) is 0 Å². The summed E-state index contributed by atoms with van der Waals surface area (Å²) in [4.78, 5) is 0. The van der Waals surface area contributed by atoms with Crippen LogP contribution in [0.25, 0.3) is 0 Å². The van der Waals surface area contributed by atoms with Gasteiger partial charge in [0.05, 0.1) is 22.8 Å². The molecule has 92 valence electrons. The van der Waals surface area contributed by atoms with Gasteiger partial charge in [0.25, 0.3) is 0 Å². The Labute approximate surface area is 99.8 Å². The monoisotopic (exact) mass is 317 g/mol. The SMILES string of the molecule is N#Cc1cc(Br)cc(C(F)(F)F)c1C(F)(F)F. The number of benzene rings is 1. The third kappa shape index (κ3) is 2.91. The lowest BCUT2D eigenvalue weighted by atomic mass is 10.0. The summed E-state index contributed by atoms with van der Waals surface area (Å²) in [5, 5.41) is 8.46. The van der Waals surface area contributed by atoms with Crippen LogP contribution >= 0.6 is 15.9 Å². The van der Waals surface area contributed by atoms with Gasteiger partial charge in [-0.1, -0.05) is 15.9 Å². The van der Waals surface area contributed by atoms with Gasteiger partial charge in [-0.3, -0.25) is 0 Å². The molecule has 0 amide bonds. The van der Waals surface area contributed by atoms with Gasteiger partial charge < -0.3 is 0 Å². The van der Waals surface area contributed by atoms with Gasteiger partial charge in [0, 0.05) is 4.47 Å². The predicted molar refractivity (Wildman–Crippen MR) is 48.9 cm³/mol. The van der Waals surface area contributed by atoms with E-state index in [0.717, 1.165) is 6.07 Å². The van der Waals surface area contributed by atoms with Gasteiger partial charge in [-0.05, 0) is 12.1 Å². The molecule has 0 spiro atoms. The summed E-state index contributed by atoms with van der Waals surface area (Å²) in [6.07, 6.45) is -10.4. The minimum absolute atomic E-state index is 0.241. The van der Waals surface area contributed by atoms with Gasteiger partial charge in [0.2, 0.25) is 0 Å². The molecule has 8 heteroatoms. The van der Waals surface area contributed by atoms with Crippen molar-refractivity contribution in [1.82, 2.24) is 0 Å². The van der Waals surface area contributed by atoms with E-state index in [-0.39, 0.29) is 4.47 Å². The van der Waals surface area contributed by atoms with Crippen molar-refractivity contribution < 1.29 is 26.3 Å². The molecule has 0 aliphatic heterocycles. The summed E-state index contributed by atoms with van der Waals surface area (Å²) >= 11 is 2.63. The first-order valence-corrected chi connectivity index (χ1v) is 4.74. The highest BCUT2D eigenvalue weighted by Crippen LogP contribution is 2.43. The Morgan fingerprint density at radius 1 is 1.00 bits per heavy atom. The maximum atomic E-state index is 12.5. The first-order valence-electron chi connectivity index (χ1n) is 3.95. The van der Waals surface area contributed by atoms with E-state index in [0.29, 0.717) is 12.1 Å². The first-order chi connectivity index (χ1) is 7.57. The number of halogens is 7. The highest BCUT2D eigenvalue weighted by molar-refractivity contribution is 9.10. The van der Waals surface area contributed by atoms with Crippen molar-refractivity contribution in [3.8, 4) is 6.07 Å². The first kappa shape index (κ1) is 13.8. The molecule has 0 bridgehead atoms. The highest BCUT2D eigenvalue weighted by Gasteiger charge is 2.45. The summed E-state index contributed by atoms with van der Waals surface area (Å²) in [5.74, 6) is 0. The third-order valence-corrected chi connectivity index (χ3v) is 2.27. The normalized spacial score (nSPS) is 12.4. The molecule has 1 rings (SSSR count). The van der Waals surface area contributed by atoms with Gasteiger partial charge in [0.15, 0.2) is 0 Å². The van der Waals surface area contributed by atoms with Crippen LogP contribution < -0.4 is 0 Å². The van der Waals surface area contributed by atoms with Gasteiger partial charge in [-0.15, -0.1) is 0 Å². The van der Waals surface area contributed by atoms with E-state index in [1.54, 1.807) is 0 Å². The summed E-state index contributed by atoms with van der Waals surface area (Å²) in [5.41, 5.74) is -4.91. The average molecular weight is 318 g/mol. The molecule has 1 aromatic rings. The van der Waals surface area contributed by atoms with E-state index in [2.05, 4.69) is 15.9 Å². The minimum atomic E-state index is -5.24. The second-order valence-corrected chi connectivity index (χ2v) is 3.90. The van der Waals surface area contributed by atoms with Crippen LogP contribution in [-0.2, 0) is 12.4 Å². The highest BCUT2D eigenvalue weighted by atomic mass is 79.9. The van der Waals surface area contributed by atoms with Crippen LogP contribution in [0.2, 0.25) is 0 Å². The zero-order valence-corrected chi connectivity index (χ0v) is 9.33. The Morgan fingerprint density at radius 3 is 1.88 bits per heavy atom. The molecule has 0 radical (unpaired) electrons. The standard InChI is InChI=1S/C9H2BrF6N/c10-5-1-4(3-17)7(9(14,15)16)6(2-5)8(11,12)13/h1-2H. The molecule has 0 saturated heterocycles. The zero-order valence-electron chi connectivity index (χ0n) is 7.75. The Morgan fingerprint density at radius 2 is 1.53 bits per heavy atom. The van der Waals surface area contributed by atoms with Gasteiger partial charge in [-0.25, -0.2) is 0 Å². The Hall–Kier alpha value is -1.23. The number of hydrogen-bond acceptors (Lipinski definition) is 1. The third-order valence-electron chi connectivity index (χ3n) is 1.81. The van der Waals surface area contributed by atoms with Crippen molar-refractivity contribution in [3.05, 3.63) is 33.3 Å². The fourth-order valence-corrected chi connectivity index (χ4v) is 1.68. The summed E-state index contributed by atoms with van der Waals surface area (Å²) in [6.45, 7) is 0. The summed E-state index contributed by atoms with van der Waals surface area (Å²) in [7, 11) is 0. The quantitative estimate of drug-likeness (QED) is 0.652. The van der Waals surface area contributed by atoms with Crippen molar-refractivity contribution in [1.29, 1.82) is 5.26 Å². The van der Waals surface area contributed by atoms with Crippen LogP contribution in [-0.4, -0.2) is 0 Å². The van der Waals surface area contributed by atoms with E-state index >= 15 is 0 Å². The van der Waals surface area contributed by atoms with Crippen molar-refractivity contribution in [2.75, 3.05) is 0 Å². The molecule has 0 atom stereocenters. The van der Waals surface area contributed by atoms with Crippen LogP contribution in [0, 0.1) is 11.3 Å². The number of nitriles is 1. The Kier molecular flexibility index (Phi) is 3.43.